The molecule has 1 aromatic carbocycles. The van der Waals surface area contributed by atoms with Crippen LogP contribution in [0.4, 0.5) is 5.69 Å². The van der Waals surface area contributed by atoms with E-state index in [9.17, 15) is 10.1 Å². The zero-order valence-corrected chi connectivity index (χ0v) is 10.9. The Bertz CT molecular complexity index is 611. The Morgan fingerprint density at radius 3 is 2.90 bits per heavy atom. The topological polar surface area (TPSA) is 117 Å². The number of nitro groups is 1. The van der Waals surface area contributed by atoms with Crippen LogP contribution in [0.25, 0.3) is 0 Å². The van der Waals surface area contributed by atoms with Crippen molar-refractivity contribution in [3.63, 3.8) is 0 Å². The first-order valence-corrected chi connectivity index (χ1v) is 6.05. The lowest BCUT2D eigenvalue weighted by Gasteiger charge is -2.06. The van der Waals surface area contributed by atoms with E-state index in [4.69, 9.17) is 15.0 Å². The Balaban J connectivity index is 2.16. The van der Waals surface area contributed by atoms with Gasteiger partial charge in [0.25, 0.3) is 5.89 Å². The molecule has 0 radical (unpaired) electrons. The summed E-state index contributed by atoms with van der Waals surface area (Å²) in [5.41, 5.74) is 6.12. The van der Waals surface area contributed by atoms with Crippen LogP contribution < -0.4 is 10.5 Å². The van der Waals surface area contributed by atoms with E-state index in [0.29, 0.717) is 12.2 Å². The van der Waals surface area contributed by atoms with Crippen LogP contribution in [-0.4, -0.2) is 15.1 Å². The Labute approximate surface area is 114 Å². The summed E-state index contributed by atoms with van der Waals surface area (Å²) in [6, 6.07) is 4.49. The van der Waals surface area contributed by atoms with Crippen LogP contribution in [0.1, 0.15) is 24.2 Å². The summed E-state index contributed by atoms with van der Waals surface area (Å²) >= 11 is 0. The van der Waals surface area contributed by atoms with Gasteiger partial charge in [-0.1, -0.05) is 18.1 Å². The molecule has 8 heteroatoms. The van der Waals surface area contributed by atoms with Gasteiger partial charge in [-0.25, -0.2) is 0 Å². The van der Waals surface area contributed by atoms with Crippen LogP contribution in [0, 0.1) is 10.1 Å². The minimum absolute atomic E-state index is 0.0259. The van der Waals surface area contributed by atoms with Gasteiger partial charge in [-0.15, -0.1) is 0 Å². The number of hydrogen-bond acceptors (Lipinski definition) is 7. The van der Waals surface area contributed by atoms with Crippen LogP contribution in [0.3, 0.4) is 0 Å². The molecule has 0 unspecified atom stereocenters. The normalized spacial score (nSPS) is 10.5. The molecule has 0 spiro atoms. The summed E-state index contributed by atoms with van der Waals surface area (Å²) in [5.74, 6) is 0.970. The second-order valence-corrected chi connectivity index (χ2v) is 4.01. The molecular formula is C12H14N4O4. The fraction of sp³-hybridized carbons (Fsp3) is 0.333. The van der Waals surface area contributed by atoms with Gasteiger partial charge in [0.1, 0.15) is 0 Å². The minimum Gasteiger partial charge on any atom is -0.477 e. The molecule has 20 heavy (non-hydrogen) atoms. The summed E-state index contributed by atoms with van der Waals surface area (Å²) in [7, 11) is 0. The van der Waals surface area contributed by atoms with Gasteiger partial charge in [-0.05, 0) is 11.6 Å². The molecule has 8 nitrogen and oxygen atoms in total. The van der Waals surface area contributed by atoms with Gasteiger partial charge in [-0.2, -0.15) is 4.98 Å². The third-order valence-electron chi connectivity index (χ3n) is 2.63. The molecule has 2 N–H and O–H groups in total. The quantitative estimate of drug-likeness (QED) is 0.629. The van der Waals surface area contributed by atoms with Crippen LogP contribution in [0.5, 0.6) is 5.75 Å². The SMILES string of the molecule is CCc1noc(COc2cc(CN)ccc2[N+](=O)[O-])n1. The van der Waals surface area contributed by atoms with Gasteiger partial charge >= 0.3 is 5.69 Å². The highest BCUT2D eigenvalue weighted by molar-refractivity contribution is 5.48. The van der Waals surface area contributed by atoms with Crippen molar-refractivity contribution in [2.75, 3.05) is 0 Å². The molecule has 2 aromatic rings. The van der Waals surface area contributed by atoms with E-state index in [1.54, 1.807) is 6.07 Å². The zero-order chi connectivity index (χ0) is 14.5. The van der Waals surface area contributed by atoms with Crippen molar-refractivity contribution < 1.29 is 14.2 Å². The Morgan fingerprint density at radius 1 is 1.50 bits per heavy atom. The van der Waals surface area contributed by atoms with Crippen LogP contribution in [0.2, 0.25) is 0 Å². The van der Waals surface area contributed by atoms with E-state index >= 15 is 0 Å². The largest absolute Gasteiger partial charge is 0.477 e. The molecule has 0 amide bonds. The van der Waals surface area contributed by atoms with Crippen LogP contribution in [-0.2, 0) is 19.6 Å². The number of aromatic nitrogens is 2. The predicted molar refractivity (Wildman–Crippen MR) is 69.0 cm³/mol. The molecule has 2 rings (SSSR count). The Hall–Kier alpha value is -2.48. The summed E-state index contributed by atoms with van der Waals surface area (Å²) in [5, 5.41) is 14.6. The number of nitro benzene ring substituents is 1. The van der Waals surface area contributed by atoms with Gasteiger partial charge in [-0.3, -0.25) is 10.1 Å². The van der Waals surface area contributed by atoms with Crippen molar-refractivity contribution in [1.82, 2.24) is 10.1 Å². The lowest BCUT2D eigenvalue weighted by molar-refractivity contribution is -0.386. The summed E-state index contributed by atoms with van der Waals surface area (Å²) < 4.78 is 10.3. The molecule has 0 bridgehead atoms. The molecule has 1 heterocycles. The standard InChI is InChI=1S/C12H14N4O4/c1-2-11-14-12(20-15-11)7-19-10-5-8(6-13)3-4-9(10)16(17)18/h3-5H,2,6-7,13H2,1H3. The van der Waals surface area contributed by atoms with E-state index in [0.717, 1.165) is 5.56 Å². The lowest BCUT2D eigenvalue weighted by atomic mass is 10.2. The van der Waals surface area contributed by atoms with Gasteiger partial charge in [0.05, 0.1) is 4.92 Å². The molecule has 0 saturated carbocycles. The van der Waals surface area contributed by atoms with Crippen LogP contribution >= 0.6 is 0 Å². The second kappa shape index (κ2) is 6.11. The highest BCUT2D eigenvalue weighted by Crippen LogP contribution is 2.28. The third-order valence-corrected chi connectivity index (χ3v) is 2.63. The first-order valence-electron chi connectivity index (χ1n) is 6.05. The highest BCUT2D eigenvalue weighted by atomic mass is 16.6. The maximum Gasteiger partial charge on any atom is 0.310 e. The number of hydrogen-bond donors (Lipinski definition) is 1. The monoisotopic (exact) mass is 278 g/mol. The fourth-order valence-corrected chi connectivity index (χ4v) is 1.58. The molecule has 0 saturated heterocycles. The van der Waals surface area contributed by atoms with Crippen molar-refractivity contribution in [1.29, 1.82) is 0 Å². The Kier molecular flexibility index (Phi) is 4.26. The van der Waals surface area contributed by atoms with Gasteiger partial charge in [0, 0.05) is 19.0 Å². The maximum atomic E-state index is 10.9. The van der Waals surface area contributed by atoms with Crippen molar-refractivity contribution in [3.05, 3.63) is 45.6 Å². The smallest absolute Gasteiger partial charge is 0.310 e. The number of ether oxygens (including phenoxy) is 1. The summed E-state index contributed by atoms with van der Waals surface area (Å²) in [4.78, 5) is 14.5. The molecular weight excluding hydrogens is 264 g/mol. The Morgan fingerprint density at radius 2 is 2.30 bits per heavy atom. The van der Waals surface area contributed by atoms with E-state index in [2.05, 4.69) is 10.1 Å². The second-order valence-electron chi connectivity index (χ2n) is 4.01. The van der Waals surface area contributed by atoms with Gasteiger partial charge in [0.15, 0.2) is 18.2 Å². The van der Waals surface area contributed by atoms with E-state index in [1.165, 1.54) is 12.1 Å². The molecule has 0 aliphatic rings. The van der Waals surface area contributed by atoms with Crippen molar-refractivity contribution in [2.45, 2.75) is 26.5 Å². The minimum atomic E-state index is -0.513. The fourth-order valence-electron chi connectivity index (χ4n) is 1.58. The van der Waals surface area contributed by atoms with Crippen molar-refractivity contribution in [2.24, 2.45) is 5.73 Å². The molecule has 0 aliphatic heterocycles. The van der Waals surface area contributed by atoms with Gasteiger partial charge < -0.3 is 15.0 Å². The average Bonchev–Trinajstić information content (AvgIpc) is 2.92. The number of aryl methyl sites for hydroxylation is 1. The van der Waals surface area contributed by atoms with Crippen molar-refractivity contribution in [3.8, 4) is 5.75 Å². The molecule has 1 aromatic heterocycles. The van der Waals surface area contributed by atoms with Crippen molar-refractivity contribution >= 4 is 5.69 Å². The first-order chi connectivity index (χ1) is 9.63. The zero-order valence-electron chi connectivity index (χ0n) is 10.9. The number of nitrogens with zero attached hydrogens (tertiary/aromatic N) is 3. The predicted octanol–water partition coefficient (Wildman–Crippen LogP) is 1.58. The molecule has 106 valence electrons. The molecule has 0 aliphatic carbocycles. The average molecular weight is 278 g/mol. The molecule has 0 atom stereocenters. The first kappa shape index (κ1) is 13.9. The van der Waals surface area contributed by atoms with Gasteiger partial charge in [0.2, 0.25) is 0 Å². The van der Waals surface area contributed by atoms with E-state index < -0.39 is 4.92 Å². The third kappa shape index (κ3) is 3.09. The highest BCUT2D eigenvalue weighted by Gasteiger charge is 2.16. The number of rotatable bonds is 6. The number of nitrogens with two attached hydrogens (primary N) is 1. The van der Waals surface area contributed by atoms with E-state index in [1.807, 2.05) is 6.92 Å². The van der Waals surface area contributed by atoms with Crippen LogP contribution in [0.15, 0.2) is 22.7 Å². The lowest BCUT2D eigenvalue weighted by Crippen LogP contribution is -2.02. The summed E-state index contributed by atoms with van der Waals surface area (Å²) in [6.07, 6.45) is 0.645. The number of benzene rings is 1. The summed E-state index contributed by atoms with van der Waals surface area (Å²) in [6.45, 7) is 2.14. The molecule has 0 fully saturated rings. The maximum absolute atomic E-state index is 10.9. The van der Waals surface area contributed by atoms with E-state index in [-0.39, 0.29) is 30.5 Å².